The van der Waals surface area contributed by atoms with Crippen LogP contribution in [0.15, 0.2) is 41.4 Å². The van der Waals surface area contributed by atoms with Gasteiger partial charge in [0.15, 0.2) is 5.96 Å². The van der Waals surface area contributed by atoms with Gasteiger partial charge in [0.25, 0.3) is 0 Å². The van der Waals surface area contributed by atoms with Crippen molar-refractivity contribution < 1.29 is 4.74 Å². The van der Waals surface area contributed by atoms with Crippen LogP contribution in [-0.4, -0.2) is 68.9 Å². The van der Waals surface area contributed by atoms with Crippen molar-refractivity contribution in [1.82, 2.24) is 15.5 Å². The van der Waals surface area contributed by atoms with Crippen LogP contribution in [0.3, 0.4) is 0 Å². The maximum Gasteiger partial charge on any atom is 0.191 e. The highest BCUT2D eigenvalue weighted by Crippen LogP contribution is 2.18. The van der Waals surface area contributed by atoms with E-state index in [2.05, 4.69) is 77.6 Å². The summed E-state index contributed by atoms with van der Waals surface area (Å²) in [4.78, 5) is 9.62. The van der Waals surface area contributed by atoms with E-state index in [0.717, 1.165) is 58.4 Å². The summed E-state index contributed by atoms with van der Waals surface area (Å²) in [7, 11) is 0. The van der Waals surface area contributed by atoms with Crippen LogP contribution in [0.25, 0.3) is 0 Å². The summed E-state index contributed by atoms with van der Waals surface area (Å²) in [6.45, 7) is 14.7. The molecule has 0 spiro atoms. The molecule has 0 radical (unpaired) electrons. The maximum absolute atomic E-state index is 5.48. The fraction of sp³-hybridized carbons (Fsp3) is 0.591. The van der Waals surface area contributed by atoms with Gasteiger partial charge in [-0.2, -0.15) is 0 Å². The van der Waals surface area contributed by atoms with E-state index in [-0.39, 0.29) is 29.5 Å². The van der Waals surface area contributed by atoms with E-state index in [9.17, 15) is 0 Å². The lowest BCUT2D eigenvalue weighted by molar-refractivity contribution is -0.00834. The first kappa shape index (κ1) is 24.0. The number of morpholine rings is 1. The highest BCUT2D eigenvalue weighted by atomic mass is 127. The third-order valence-corrected chi connectivity index (χ3v) is 5.44. The zero-order valence-electron chi connectivity index (χ0n) is 18.0. The summed E-state index contributed by atoms with van der Waals surface area (Å²) in [5.41, 5.74) is 2.56. The van der Waals surface area contributed by atoms with E-state index in [1.54, 1.807) is 0 Å². The highest BCUT2D eigenvalue weighted by Gasteiger charge is 2.28. The van der Waals surface area contributed by atoms with Crippen molar-refractivity contribution in [1.29, 1.82) is 0 Å². The van der Waals surface area contributed by atoms with Crippen molar-refractivity contribution in [2.24, 2.45) is 4.99 Å². The van der Waals surface area contributed by atoms with Crippen LogP contribution < -0.4 is 15.5 Å². The molecule has 0 amide bonds. The average Bonchev–Trinajstić information content (AvgIpc) is 3.26. The molecule has 0 unspecified atom stereocenters. The number of nitrogens with zero attached hydrogens (tertiary/aromatic N) is 3. The standard InChI is InChI=1S/C22H35N5O.HI/c1-4-23-21(25-18-22(2,3)27-13-15-28-16-14-27)24-17-19-7-9-20(10-8-19)26-11-5-6-12-26;/h5-10H,4,11-18H2,1-3H3,(H2,23,24,25);1H. The number of anilines is 1. The van der Waals surface area contributed by atoms with E-state index >= 15 is 0 Å². The van der Waals surface area contributed by atoms with Crippen LogP contribution in [0.4, 0.5) is 5.69 Å². The molecule has 7 heteroatoms. The van der Waals surface area contributed by atoms with Gasteiger partial charge in [-0.3, -0.25) is 4.90 Å². The van der Waals surface area contributed by atoms with Crippen molar-refractivity contribution in [2.75, 3.05) is 57.4 Å². The Balaban J connectivity index is 0.00000300. The first-order valence-electron chi connectivity index (χ1n) is 10.4. The largest absolute Gasteiger partial charge is 0.379 e. The SMILES string of the molecule is CCNC(=NCc1ccc(N2CC=CC2)cc1)NCC(C)(C)N1CCOCC1.I. The van der Waals surface area contributed by atoms with Gasteiger partial charge in [-0.1, -0.05) is 24.3 Å². The molecule has 6 nitrogen and oxygen atoms in total. The second kappa shape index (κ2) is 11.8. The number of guanidine groups is 1. The quantitative estimate of drug-likeness (QED) is 0.254. The van der Waals surface area contributed by atoms with Crippen LogP contribution in [0, 0.1) is 0 Å². The molecule has 0 atom stereocenters. The maximum atomic E-state index is 5.48. The average molecular weight is 513 g/mol. The molecule has 0 saturated carbocycles. The molecule has 29 heavy (non-hydrogen) atoms. The third kappa shape index (κ3) is 7.15. The molecular formula is C22H36IN5O. The molecule has 2 aliphatic rings. The Hall–Kier alpha value is -1.32. The predicted molar refractivity (Wildman–Crippen MR) is 132 cm³/mol. The smallest absolute Gasteiger partial charge is 0.191 e. The Labute approximate surface area is 192 Å². The van der Waals surface area contributed by atoms with Crippen molar-refractivity contribution in [3.05, 3.63) is 42.0 Å². The van der Waals surface area contributed by atoms with E-state index in [0.29, 0.717) is 6.54 Å². The Morgan fingerprint density at radius 3 is 2.34 bits per heavy atom. The fourth-order valence-corrected chi connectivity index (χ4v) is 3.59. The van der Waals surface area contributed by atoms with Crippen molar-refractivity contribution in [3.63, 3.8) is 0 Å². The first-order valence-corrected chi connectivity index (χ1v) is 10.4. The highest BCUT2D eigenvalue weighted by molar-refractivity contribution is 14.0. The Kier molecular flexibility index (Phi) is 9.71. The number of benzene rings is 1. The van der Waals surface area contributed by atoms with Crippen LogP contribution in [0.5, 0.6) is 0 Å². The Morgan fingerprint density at radius 2 is 1.72 bits per heavy atom. The lowest BCUT2D eigenvalue weighted by atomic mass is 10.0. The zero-order valence-corrected chi connectivity index (χ0v) is 20.3. The summed E-state index contributed by atoms with van der Waals surface area (Å²) < 4.78 is 5.48. The minimum atomic E-state index is 0. The normalized spacial score (nSPS) is 17.9. The molecular weight excluding hydrogens is 477 g/mol. The molecule has 0 aromatic heterocycles. The molecule has 2 aliphatic heterocycles. The molecule has 162 valence electrons. The van der Waals surface area contributed by atoms with Crippen molar-refractivity contribution in [3.8, 4) is 0 Å². The number of hydrogen-bond acceptors (Lipinski definition) is 4. The number of halogens is 1. The lowest BCUT2D eigenvalue weighted by Crippen LogP contribution is -2.56. The zero-order chi connectivity index (χ0) is 19.8. The molecule has 0 aliphatic carbocycles. The molecule has 2 heterocycles. The lowest BCUT2D eigenvalue weighted by Gasteiger charge is -2.41. The number of nitrogens with one attached hydrogen (secondary N) is 2. The van der Waals surface area contributed by atoms with Gasteiger partial charge >= 0.3 is 0 Å². The van der Waals surface area contributed by atoms with Crippen molar-refractivity contribution in [2.45, 2.75) is 32.9 Å². The van der Waals surface area contributed by atoms with E-state index in [4.69, 9.17) is 9.73 Å². The topological polar surface area (TPSA) is 52.1 Å². The van der Waals surface area contributed by atoms with E-state index < -0.39 is 0 Å². The number of hydrogen-bond donors (Lipinski definition) is 2. The van der Waals surface area contributed by atoms with Crippen LogP contribution >= 0.6 is 24.0 Å². The minimum Gasteiger partial charge on any atom is -0.379 e. The fourth-order valence-electron chi connectivity index (χ4n) is 3.59. The predicted octanol–water partition coefficient (Wildman–Crippen LogP) is 2.85. The Bertz CT molecular complexity index is 660. The molecule has 0 bridgehead atoms. The third-order valence-electron chi connectivity index (χ3n) is 5.44. The molecule has 3 rings (SSSR count). The molecule has 1 fully saturated rings. The van der Waals surface area contributed by atoms with Crippen LogP contribution in [0.1, 0.15) is 26.3 Å². The second-order valence-corrected chi connectivity index (χ2v) is 8.00. The summed E-state index contributed by atoms with van der Waals surface area (Å²) in [5, 5.41) is 6.89. The van der Waals surface area contributed by atoms with Crippen LogP contribution in [-0.2, 0) is 11.3 Å². The number of aliphatic imine (C=N–C) groups is 1. The van der Waals surface area contributed by atoms with Gasteiger partial charge in [0.05, 0.1) is 19.8 Å². The summed E-state index contributed by atoms with van der Waals surface area (Å²) in [6, 6.07) is 8.75. The van der Waals surface area contributed by atoms with Crippen molar-refractivity contribution >= 4 is 35.6 Å². The Morgan fingerprint density at radius 1 is 1.07 bits per heavy atom. The summed E-state index contributed by atoms with van der Waals surface area (Å²) in [5.74, 6) is 0.872. The minimum absolute atomic E-state index is 0. The van der Waals surface area contributed by atoms with Gasteiger partial charge < -0.3 is 20.3 Å². The molecule has 1 aromatic carbocycles. The van der Waals surface area contributed by atoms with Gasteiger partial charge in [0.1, 0.15) is 0 Å². The molecule has 2 N–H and O–H groups in total. The first-order chi connectivity index (χ1) is 13.6. The number of rotatable bonds is 7. The molecule has 1 saturated heterocycles. The van der Waals surface area contributed by atoms with Gasteiger partial charge in [0.2, 0.25) is 0 Å². The summed E-state index contributed by atoms with van der Waals surface area (Å²) in [6.07, 6.45) is 4.43. The van der Waals surface area contributed by atoms with Crippen LogP contribution in [0.2, 0.25) is 0 Å². The second-order valence-electron chi connectivity index (χ2n) is 8.00. The number of ether oxygens (including phenoxy) is 1. The van der Waals surface area contributed by atoms with Gasteiger partial charge in [-0.05, 0) is 38.5 Å². The molecule has 1 aromatic rings. The van der Waals surface area contributed by atoms with E-state index in [1.807, 2.05) is 0 Å². The monoisotopic (exact) mass is 513 g/mol. The van der Waals surface area contributed by atoms with E-state index in [1.165, 1.54) is 11.3 Å². The summed E-state index contributed by atoms with van der Waals surface area (Å²) >= 11 is 0. The van der Waals surface area contributed by atoms with Gasteiger partial charge in [0, 0.05) is 50.5 Å². The van der Waals surface area contributed by atoms with Gasteiger partial charge in [-0.25, -0.2) is 4.99 Å². The van der Waals surface area contributed by atoms with Gasteiger partial charge in [-0.15, -0.1) is 24.0 Å².